The lowest BCUT2D eigenvalue weighted by Gasteiger charge is -2.58. The first-order valence-electron chi connectivity index (χ1n) is 13.6. The molecule has 3 saturated carbocycles. The van der Waals surface area contributed by atoms with E-state index in [-0.39, 0.29) is 6.10 Å². The zero-order chi connectivity index (χ0) is 22.9. The number of carboxylic acid groups (broad SMARTS) is 1. The van der Waals surface area contributed by atoms with Crippen LogP contribution in [0.4, 0.5) is 0 Å². The molecule has 0 amide bonds. The summed E-state index contributed by atoms with van der Waals surface area (Å²) in [5, 5.41) is 22.7. The normalized spacial score (nSPS) is 41.9. The van der Waals surface area contributed by atoms with E-state index >= 15 is 0 Å². The van der Waals surface area contributed by atoms with Crippen LogP contribution in [0.3, 0.4) is 0 Å². The Morgan fingerprint density at radius 1 is 1.12 bits per heavy atom. The van der Waals surface area contributed by atoms with Crippen molar-refractivity contribution in [3.8, 4) is 0 Å². The predicted octanol–water partition coefficient (Wildman–Crippen LogP) is 5.80. The van der Waals surface area contributed by atoms with Crippen LogP contribution in [0.1, 0.15) is 97.8 Å². The van der Waals surface area contributed by atoms with E-state index in [2.05, 4.69) is 32.2 Å². The Morgan fingerprint density at radius 3 is 2.72 bits per heavy atom. The highest BCUT2D eigenvalue weighted by Gasteiger charge is 2.59. The SMILES string of the molecule is C[C@H](CNCCCCCC(=O)O)[C@H]1CC[C@H]2[C@@H]3CC=C4C[C@@H](O)CC[C@]4(C)[C@H]3CC[C@]12C. The summed E-state index contributed by atoms with van der Waals surface area (Å²) in [5.41, 5.74) is 2.41. The monoisotopic (exact) mass is 445 g/mol. The minimum atomic E-state index is -0.676. The topological polar surface area (TPSA) is 69.6 Å². The van der Waals surface area contributed by atoms with Crippen molar-refractivity contribution in [3.05, 3.63) is 11.6 Å². The van der Waals surface area contributed by atoms with E-state index in [1.807, 2.05) is 0 Å². The number of nitrogens with one attached hydrogen (secondary N) is 1. The van der Waals surface area contributed by atoms with Crippen molar-refractivity contribution in [2.75, 3.05) is 13.1 Å². The van der Waals surface area contributed by atoms with Gasteiger partial charge in [-0.05, 0) is 118 Å². The second-order valence-electron chi connectivity index (χ2n) is 12.3. The van der Waals surface area contributed by atoms with E-state index < -0.39 is 5.97 Å². The van der Waals surface area contributed by atoms with Gasteiger partial charge in [0.2, 0.25) is 0 Å². The molecular formula is C28H47NO3. The summed E-state index contributed by atoms with van der Waals surface area (Å²) in [4.78, 5) is 10.6. The van der Waals surface area contributed by atoms with E-state index in [1.54, 1.807) is 5.57 Å². The highest BCUT2D eigenvalue weighted by atomic mass is 16.4. The number of carbonyl (C=O) groups is 1. The van der Waals surface area contributed by atoms with Crippen LogP contribution in [-0.4, -0.2) is 35.4 Å². The summed E-state index contributed by atoms with van der Waals surface area (Å²) in [6.07, 6.45) is 15.5. The molecule has 0 aromatic rings. The van der Waals surface area contributed by atoms with Crippen LogP contribution in [0.15, 0.2) is 11.6 Å². The summed E-state index contributed by atoms with van der Waals surface area (Å²) < 4.78 is 0. The van der Waals surface area contributed by atoms with E-state index in [0.29, 0.717) is 23.2 Å². The number of fused-ring (bicyclic) bond motifs is 5. The van der Waals surface area contributed by atoms with Crippen molar-refractivity contribution in [1.29, 1.82) is 0 Å². The molecule has 0 heterocycles. The number of hydrogen-bond acceptors (Lipinski definition) is 3. The zero-order valence-corrected chi connectivity index (χ0v) is 20.7. The lowest BCUT2D eigenvalue weighted by atomic mass is 9.47. The van der Waals surface area contributed by atoms with Gasteiger partial charge in [0.1, 0.15) is 0 Å². The van der Waals surface area contributed by atoms with Crippen molar-refractivity contribution >= 4 is 5.97 Å². The Hall–Kier alpha value is -0.870. The third-order valence-electron chi connectivity index (χ3n) is 10.5. The van der Waals surface area contributed by atoms with Gasteiger partial charge >= 0.3 is 5.97 Å². The van der Waals surface area contributed by atoms with Gasteiger partial charge in [-0.2, -0.15) is 0 Å². The van der Waals surface area contributed by atoms with Crippen molar-refractivity contribution in [2.24, 2.45) is 40.4 Å². The molecular weight excluding hydrogens is 398 g/mol. The number of allylic oxidation sites excluding steroid dienone is 1. The quantitative estimate of drug-likeness (QED) is 0.310. The van der Waals surface area contributed by atoms with Crippen molar-refractivity contribution in [1.82, 2.24) is 5.32 Å². The maximum Gasteiger partial charge on any atom is 0.303 e. The van der Waals surface area contributed by atoms with Gasteiger partial charge in [-0.15, -0.1) is 0 Å². The van der Waals surface area contributed by atoms with Gasteiger partial charge in [0, 0.05) is 6.42 Å². The molecule has 0 aliphatic heterocycles. The average molecular weight is 446 g/mol. The third kappa shape index (κ3) is 4.56. The fourth-order valence-electron chi connectivity index (χ4n) is 8.79. The average Bonchev–Trinajstić information content (AvgIpc) is 3.10. The Labute approximate surface area is 195 Å². The Balaban J connectivity index is 1.32. The van der Waals surface area contributed by atoms with Gasteiger partial charge < -0.3 is 15.5 Å². The summed E-state index contributed by atoms with van der Waals surface area (Å²) in [6, 6.07) is 0. The van der Waals surface area contributed by atoms with Crippen LogP contribution in [0, 0.1) is 40.4 Å². The van der Waals surface area contributed by atoms with E-state index in [0.717, 1.165) is 68.9 Å². The molecule has 182 valence electrons. The lowest BCUT2D eigenvalue weighted by Crippen LogP contribution is -2.51. The molecule has 0 bridgehead atoms. The third-order valence-corrected chi connectivity index (χ3v) is 10.5. The zero-order valence-electron chi connectivity index (χ0n) is 20.7. The minimum Gasteiger partial charge on any atom is -0.481 e. The molecule has 3 N–H and O–H groups in total. The molecule has 8 atom stereocenters. The number of hydrogen-bond donors (Lipinski definition) is 3. The fourth-order valence-corrected chi connectivity index (χ4v) is 8.79. The Morgan fingerprint density at radius 2 is 1.94 bits per heavy atom. The maximum atomic E-state index is 10.6. The first kappa shape index (κ1) is 24.3. The lowest BCUT2D eigenvalue weighted by molar-refractivity contribution is -0.137. The highest BCUT2D eigenvalue weighted by Crippen LogP contribution is 2.67. The van der Waals surface area contributed by atoms with Crippen LogP contribution in [-0.2, 0) is 4.79 Å². The molecule has 4 heteroatoms. The summed E-state index contributed by atoms with van der Waals surface area (Å²) in [7, 11) is 0. The van der Waals surface area contributed by atoms with Crippen molar-refractivity contribution in [3.63, 3.8) is 0 Å². The van der Waals surface area contributed by atoms with Crippen molar-refractivity contribution in [2.45, 2.75) is 104 Å². The fraction of sp³-hybridized carbons (Fsp3) is 0.893. The molecule has 0 radical (unpaired) electrons. The molecule has 0 saturated heterocycles. The van der Waals surface area contributed by atoms with E-state index in [4.69, 9.17) is 5.11 Å². The van der Waals surface area contributed by atoms with Crippen LogP contribution in [0.5, 0.6) is 0 Å². The Bertz CT molecular complexity index is 705. The standard InChI is InChI=1S/C28H47NO3/c1-19(18-29-16-6-4-5-7-26(31)32)23-10-11-24-22-9-8-20-17-21(30)12-14-27(20,2)25(22)13-15-28(23,24)3/h8,19,21-25,29-30H,4-7,9-18H2,1-3H3,(H,31,32)/t19-,21+,22+,23-,24+,25+,27+,28-/m1/s1. The molecule has 0 unspecified atom stereocenters. The molecule has 4 aliphatic rings. The first-order valence-corrected chi connectivity index (χ1v) is 13.6. The highest BCUT2D eigenvalue weighted by molar-refractivity contribution is 5.66. The molecule has 32 heavy (non-hydrogen) atoms. The van der Waals surface area contributed by atoms with Crippen LogP contribution < -0.4 is 5.32 Å². The Kier molecular flexibility index (Phi) is 7.41. The van der Waals surface area contributed by atoms with Gasteiger partial charge in [0.25, 0.3) is 0 Å². The predicted molar refractivity (Wildman–Crippen MR) is 129 cm³/mol. The number of aliphatic carboxylic acids is 1. The molecule has 0 spiro atoms. The van der Waals surface area contributed by atoms with Crippen LogP contribution >= 0.6 is 0 Å². The number of rotatable bonds is 9. The van der Waals surface area contributed by atoms with Gasteiger partial charge in [-0.25, -0.2) is 0 Å². The number of aliphatic hydroxyl groups is 1. The molecule has 4 rings (SSSR count). The molecule has 0 aromatic heterocycles. The molecule has 4 aliphatic carbocycles. The number of carboxylic acids is 1. The molecule has 0 aromatic carbocycles. The van der Waals surface area contributed by atoms with Gasteiger partial charge in [0.05, 0.1) is 6.10 Å². The summed E-state index contributed by atoms with van der Waals surface area (Å²) in [5.74, 6) is 3.38. The van der Waals surface area contributed by atoms with Gasteiger partial charge in [0.15, 0.2) is 0 Å². The smallest absolute Gasteiger partial charge is 0.303 e. The van der Waals surface area contributed by atoms with Crippen LogP contribution in [0.2, 0.25) is 0 Å². The minimum absolute atomic E-state index is 0.110. The summed E-state index contributed by atoms with van der Waals surface area (Å²) in [6.45, 7) is 9.73. The summed E-state index contributed by atoms with van der Waals surface area (Å²) >= 11 is 0. The van der Waals surface area contributed by atoms with Gasteiger partial charge in [-0.3, -0.25) is 4.79 Å². The van der Waals surface area contributed by atoms with E-state index in [9.17, 15) is 9.90 Å². The van der Waals surface area contributed by atoms with E-state index in [1.165, 1.54) is 38.5 Å². The maximum absolute atomic E-state index is 10.6. The first-order chi connectivity index (χ1) is 15.3. The second kappa shape index (κ2) is 9.78. The number of unbranched alkanes of at least 4 members (excludes halogenated alkanes) is 2. The largest absolute Gasteiger partial charge is 0.481 e. The molecule has 4 nitrogen and oxygen atoms in total. The van der Waals surface area contributed by atoms with Crippen LogP contribution in [0.25, 0.3) is 0 Å². The molecule has 3 fully saturated rings. The second-order valence-corrected chi connectivity index (χ2v) is 12.3. The van der Waals surface area contributed by atoms with Gasteiger partial charge in [-0.1, -0.05) is 38.8 Å². The number of aliphatic hydroxyl groups excluding tert-OH is 1. The van der Waals surface area contributed by atoms with Crippen molar-refractivity contribution < 1.29 is 15.0 Å².